The van der Waals surface area contributed by atoms with Gasteiger partial charge in [-0.05, 0) is 30.5 Å². The van der Waals surface area contributed by atoms with Crippen LogP contribution in [0.1, 0.15) is 6.92 Å². The van der Waals surface area contributed by atoms with Crippen LogP contribution in [0.2, 0.25) is 0 Å². The highest BCUT2D eigenvalue weighted by Crippen LogP contribution is 2.28. The quantitative estimate of drug-likeness (QED) is 0.428. The summed E-state index contributed by atoms with van der Waals surface area (Å²) >= 11 is 2.95. The Morgan fingerprint density at radius 3 is 2.93 bits per heavy atom. The number of nitrogens with one attached hydrogen (secondary N) is 1. The Morgan fingerprint density at radius 2 is 2.19 bits per heavy atom. The number of benzene rings is 1. The van der Waals surface area contributed by atoms with Gasteiger partial charge in [0.2, 0.25) is 5.91 Å². The highest BCUT2D eigenvalue weighted by atomic mass is 32.2. The largest absolute Gasteiger partial charge is 0.492 e. The van der Waals surface area contributed by atoms with Gasteiger partial charge in [0, 0.05) is 6.54 Å². The molecular weight excluding hydrogens is 380 g/mol. The molecule has 2 heterocycles. The van der Waals surface area contributed by atoms with Gasteiger partial charge in [-0.25, -0.2) is 0 Å². The number of para-hydroxylation sites is 2. The Hall–Kier alpha value is -2.58. The number of amides is 1. The monoisotopic (exact) mass is 400 g/mol. The van der Waals surface area contributed by atoms with E-state index < -0.39 is 0 Å². The molecule has 0 saturated heterocycles. The van der Waals surface area contributed by atoms with E-state index in [1.54, 1.807) is 17.4 Å². The van der Waals surface area contributed by atoms with Gasteiger partial charge in [0.05, 0.1) is 22.9 Å². The highest BCUT2D eigenvalue weighted by molar-refractivity contribution is 7.99. The number of hydrogen-bond donors (Lipinski definition) is 1. The van der Waals surface area contributed by atoms with Crippen LogP contribution in [-0.4, -0.2) is 33.0 Å². The van der Waals surface area contributed by atoms with Crippen LogP contribution in [0.15, 0.2) is 59.6 Å². The van der Waals surface area contributed by atoms with Crippen molar-refractivity contribution < 1.29 is 9.53 Å². The topological polar surface area (TPSA) is 69.0 Å². The van der Waals surface area contributed by atoms with Crippen molar-refractivity contribution in [1.29, 1.82) is 0 Å². The summed E-state index contributed by atoms with van der Waals surface area (Å²) in [6.45, 7) is 6.83. The van der Waals surface area contributed by atoms with Gasteiger partial charge >= 0.3 is 0 Å². The van der Waals surface area contributed by atoms with E-state index in [9.17, 15) is 4.79 Å². The second-order valence-corrected chi connectivity index (χ2v) is 7.34. The van der Waals surface area contributed by atoms with E-state index in [4.69, 9.17) is 4.74 Å². The van der Waals surface area contributed by atoms with Crippen molar-refractivity contribution in [2.45, 2.75) is 18.6 Å². The summed E-state index contributed by atoms with van der Waals surface area (Å²) in [5, 5.41) is 14.1. The SMILES string of the molecule is C=CCn1c(SCC(=O)Nc2ccccc2OCC)nnc1-c1cccs1. The first-order valence-corrected chi connectivity index (χ1v) is 10.3. The van der Waals surface area contributed by atoms with Gasteiger partial charge in [0.1, 0.15) is 5.75 Å². The molecule has 1 N–H and O–H groups in total. The summed E-state index contributed by atoms with van der Waals surface area (Å²) in [4.78, 5) is 13.4. The Kier molecular flexibility index (Phi) is 6.67. The maximum Gasteiger partial charge on any atom is 0.234 e. The van der Waals surface area contributed by atoms with Crippen molar-refractivity contribution in [2.24, 2.45) is 0 Å². The lowest BCUT2D eigenvalue weighted by atomic mass is 10.3. The number of thiophene rings is 1. The molecule has 3 aromatic rings. The van der Waals surface area contributed by atoms with Crippen LogP contribution < -0.4 is 10.1 Å². The first-order valence-electron chi connectivity index (χ1n) is 8.45. The zero-order valence-electron chi connectivity index (χ0n) is 14.9. The first-order chi connectivity index (χ1) is 13.2. The normalized spacial score (nSPS) is 10.6. The minimum atomic E-state index is -0.127. The molecule has 27 heavy (non-hydrogen) atoms. The first kappa shape index (κ1) is 19.2. The summed E-state index contributed by atoms with van der Waals surface area (Å²) in [6.07, 6.45) is 1.79. The number of aromatic nitrogens is 3. The van der Waals surface area contributed by atoms with E-state index in [0.717, 1.165) is 10.7 Å². The third-order valence-electron chi connectivity index (χ3n) is 3.56. The summed E-state index contributed by atoms with van der Waals surface area (Å²) < 4.78 is 7.50. The van der Waals surface area contributed by atoms with E-state index in [0.29, 0.717) is 29.7 Å². The third kappa shape index (κ3) is 4.78. The second kappa shape index (κ2) is 9.38. The fraction of sp³-hybridized carbons (Fsp3) is 0.211. The van der Waals surface area contributed by atoms with E-state index in [1.165, 1.54) is 11.8 Å². The average molecular weight is 401 g/mol. The zero-order chi connectivity index (χ0) is 19.1. The van der Waals surface area contributed by atoms with Crippen LogP contribution in [-0.2, 0) is 11.3 Å². The molecule has 0 bridgehead atoms. The predicted molar refractivity (Wildman–Crippen MR) is 110 cm³/mol. The molecule has 0 aliphatic carbocycles. The Balaban J connectivity index is 1.68. The second-order valence-electron chi connectivity index (χ2n) is 5.45. The number of carbonyl (C=O) groups excluding carboxylic acids is 1. The molecule has 0 atom stereocenters. The van der Waals surface area contributed by atoms with Gasteiger partial charge in [-0.3, -0.25) is 9.36 Å². The molecule has 0 unspecified atom stereocenters. The fourth-order valence-electron chi connectivity index (χ4n) is 2.44. The molecule has 0 aliphatic rings. The van der Waals surface area contributed by atoms with Crippen molar-refractivity contribution in [1.82, 2.24) is 14.8 Å². The number of nitrogens with zero attached hydrogens (tertiary/aromatic N) is 3. The Morgan fingerprint density at radius 1 is 1.33 bits per heavy atom. The van der Waals surface area contributed by atoms with Gasteiger partial charge in [0.25, 0.3) is 0 Å². The van der Waals surface area contributed by atoms with Gasteiger partial charge in [-0.1, -0.05) is 36.0 Å². The number of anilines is 1. The lowest BCUT2D eigenvalue weighted by Crippen LogP contribution is -2.15. The number of carbonyl (C=O) groups is 1. The molecular formula is C19H20N4O2S2. The Labute approximate surface area is 166 Å². The molecule has 0 aliphatic heterocycles. The molecule has 140 valence electrons. The molecule has 3 rings (SSSR count). The van der Waals surface area contributed by atoms with E-state index in [-0.39, 0.29) is 11.7 Å². The Bertz CT molecular complexity index is 906. The van der Waals surface area contributed by atoms with Crippen molar-refractivity contribution in [3.8, 4) is 16.5 Å². The molecule has 0 saturated carbocycles. The molecule has 6 nitrogen and oxygen atoms in total. The predicted octanol–water partition coefficient (Wildman–Crippen LogP) is 4.32. The van der Waals surface area contributed by atoms with Crippen LogP contribution in [0.25, 0.3) is 10.7 Å². The van der Waals surface area contributed by atoms with Gasteiger partial charge in [-0.15, -0.1) is 28.1 Å². The molecule has 1 amide bonds. The van der Waals surface area contributed by atoms with Crippen LogP contribution >= 0.6 is 23.1 Å². The molecule has 2 aromatic heterocycles. The van der Waals surface area contributed by atoms with Gasteiger partial charge < -0.3 is 10.1 Å². The smallest absolute Gasteiger partial charge is 0.234 e. The molecule has 1 aromatic carbocycles. The zero-order valence-corrected chi connectivity index (χ0v) is 16.6. The lowest BCUT2D eigenvalue weighted by Gasteiger charge is -2.11. The number of thioether (sulfide) groups is 1. The third-order valence-corrected chi connectivity index (χ3v) is 5.40. The number of ether oxygens (including phenoxy) is 1. The van der Waals surface area contributed by atoms with E-state index in [2.05, 4.69) is 22.1 Å². The fourth-order valence-corrected chi connectivity index (χ4v) is 3.91. The molecule has 0 fully saturated rings. The lowest BCUT2D eigenvalue weighted by molar-refractivity contribution is -0.113. The van der Waals surface area contributed by atoms with Crippen molar-refractivity contribution in [3.63, 3.8) is 0 Å². The van der Waals surface area contributed by atoms with Crippen LogP contribution in [0.5, 0.6) is 5.75 Å². The summed E-state index contributed by atoms with van der Waals surface area (Å²) in [6, 6.07) is 11.4. The summed E-state index contributed by atoms with van der Waals surface area (Å²) in [5.74, 6) is 1.54. The van der Waals surface area contributed by atoms with Crippen LogP contribution in [0.4, 0.5) is 5.69 Å². The number of hydrogen-bond acceptors (Lipinski definition) is 6. The summed E-state index contributed by atoms with van der Waals surface area (Å²) in [7, 11) is 0. The van der Waals surface area contributed by atoms with Crippen molar-refractivity contribution in [3.05, 3.63) is 54.4 Å². The molecule has 0 spiro atoms. The minimum Gasteiger partial charge on any atom is -0.492 e. The van der Waals surface area contributed by atoms with Gasteiger partial charge in [0.15, 0.2) is 11.0 Å². The van der Waals surface area contributed by atoms with E-state index >= 15 is 0 Å². The van der Waals surface area contributed by atoms with Gasteiger partial charge in [-0.2, -0.15) is 0 Å². The molecule has 8 heteroatoms. The maximum absolute atomic E-state index is 12.4. The van der Waals surface area contributed by atoms with Crippen LogP contribution in [0, 0.1) is 0 Å². The van der Waals surface area contributed by atoms with E-state index in [1.807, 2.05) is 53.3 Å². The molecule has 0 radical (unpaired) electrons. The van der Waals surface area contributed by atoms with Crippen LogP contribution in [0.3, 0.4) is 0 Å². The average Bonchev–Trinajstić information content (AvgIpc) is 3.32. The maximum atomic E-state index is 12.4. The number of allylic oxidation sites excluding steroid dienone is 1. The standard InChI is InChI=1S/C19H20N4O2S2/c1-3-11-23-18(16-10-7-12-26-16)21-22-19(23)27-13-17(24)20-14-8-5-6-9-15(14)25-4-2/h3,5-10,12H,1,4,11,13H2,2H3,(H,20,24). The summed E-state index contributed by atoms with van der Waals surface area (Å²) in [5.41, 5.74) is 0.664. The highest BCUT2D eigenvalue weighted by Gasteiger charge is 2.16. The van der Waals surface area contributed by atoms with Crippen molar-refractivity contribution in [2.75, 3.05) is 17.7 Å². The van der Waals surface area contributed by atoms with Crippen molar-refractivity contribution >= 4 is 34.7 Å². The minimum absolute atomic E-state index is 0.127. The number of rotatable bonds is 9.